The molecule has 6 heteroatoms. The molecule has 0 spiro atoms. The SMILES string of the molecule is O=C(O)c1cc(Cl)ccc1COc1cc(F)cc(F)c1. The number of ether oxygens (including phenoxy) is 1. The van der Waals surface area contributed by atoms with Gasteiger partial charge >= 0.3 is 5.97 Å². The van der Waals surface area contributed by atoms with E-state index in [1.54, 1.807) is 0 Å². The normalized spacial score (nSPS) is 10.3. The Kier molecular flexibility index (Phi) is 4.20. The topological polar surface area (TPSA) is 46.5 Å². The molecule has 0 saturated carbocycles. The fourth-order valence-corrected chi connectivity index (χ4v) is 1.82. The lowest BCUT2D eigenvalue weighted by atomic mass is 10.1. The molecule has 2 aromatic rings. The van der Waals surface area contributed by atoms with Crippen LogP contribution >= 0.6 is 11.6 Å². The second kappa shape index (κ2) is 5.88. The van der Waals surface area contributed by atoms with E-state index in [0.717, 1.165) is 18.2 Å². The smallest absolute Gasteiger partial charge is 0.336 e. The molecule has 0 radical (unpaired) electrons. The molecule has 104 valence electrons. The maximum Gasteiger partial charge on any atom is 0.336 e. The molecule has 3 nitrogen and oxygen atoms in total. The van der Waals surface area contributed by atoms with Crippen molar-refractivity contribution in [3.05, 3.63) is 64.2 Å². The first-order chi connectivity index (χ1) is 9.45. The molecular formula is C14H9ClF2O3. The van der Waals surface area contributed by atoms with Crippen molar-refractivity contribution in [2.45, 2.75) is 6.61 Å². The van der Waals surface area contributed by atoms with Crippen molar-refractivity contribution in [1.82, 2.24) is 0 Å². The van der Waals surface area contributed by atoms with Crippen LogP contribution in [-0.2, 0) is 6.61 Å². The number of aromatic carboxylic acids is 1. The van der Waals surface area contributed by atoms with Crippen molar-refractivity contribution in [2.24, 2.45) is 0 Å². The highest BCUT2D eigenvalue weighted by atomic mass is 35.5. The molecule has 0 fully saturated rings. The highest BCUT2D eigenvalue weighted by Crippen LogP contribution is 2.20. The first-order valence-electron chi connectivity index (χ1n) is 5.56. The number of hydrogen-bond donors (Lipinski definition) is 1. The van der Waals surface area contributed by atoms with Crippen molar-refractivity contribution in [2.75, 3.05) is 0 Å². The van der Waals surface area contributed by atoms with E-state index in [1.807, 2.05) is 0 Å². The van der Waals surface area contributed by atoms with Crippen LogP contribution < -0.4 is 4.74 Å². The first-order valence-corrected chi connectivity index (χ1v) is 5.94. The summed E-state index contributed by atoms with van der Waals surface area (Å²) in [6, 6.07) is 7.03. The largest absolute Gasteiger partial charge is 0.489 e. The van der Waals surface area contributed by atoms with E-state index in [-0.39, 0.29) is 22.9 Å². The molecule has 0 aromatic heterocycles. The van der Waals surface area contributed by atoms with Crippen LogP contribution in [0.1, 0.15) is 15.9 Å². The standard InChI is InChI=1S/C14H9ClF2O3/c15-9-2-1-8(13(3-9)14(18)19)7-20-12-5-10(16)4-11(17)6-12/h1-6H,7H2,(H,18,19). The Balaban J connectivity index is 2.20. The first kappa shape index (κ1) is 14.3. The van der Waals surface area contributed by atoms with Gasteiger partial charge in [0.2, 0.25) is 0 Å². The summed E-state index contributed by atoms with van der Waals surface area (Å²) in [5, 5.41) is 9.32. The monoisotopic (exact) mass is 298 g/mol. The van der Waals surface area contributed by atoms with E-state index in [1.165, 1.54) is 18.2 Å². The Morgan fingerprint density at radius 3 is 2.40 bits per heavy atom. The lowest BCUT2D eigenvalue weighted by Crippen LogP contribution is -2.05. The third kappa shape index (κ3) is 3.45. The predicted octanol–water partition coefficient (Wildman–Crippen LogP) is 3.90. The van der Waals surface area contributed by atoms with Gasteiger partial charge < -0.3 is 9.84 Å². The summed E-state index contributed by atoms with van der Waals surface area (Å²) in [6.45, 7) is -0.137. The molecule has 0 amide bonds. The minimum Gasteiger partial charge on any atom is -0.489 e. The summed E-state index contributed by atoms with van der Waals surface area (Å²) in [7, 11) is 0. The summed E-state index contributed by atoms with van der Waals surface area (Å²) in [4.78, 5) is 11.1. The van der Waals surface area contributed by atoms with Gasteiger partial charge in [-0.15, -0.1) is 0 Å². The van der Waals surface area contributed by atoms with Gasteiger partial charge in [-0.1, -0.05) is 17.7 Å². The number of halogens is 3. The molecule has 0 atom stereocenters. The third-order valence-corrected chi connectivity index (χ3v) is 2.77. The fourth-order valence-electron chi connectivity index (χ4n) is 1.65. The van der Waals surface area contributed by atoms with Crippen molar-refractivity contribution >= 4 is 17.6 Å². The van der Waals surface area contributed by atoms with Gasteiger partial charge in [0.05, 0.1) is 5.56 Å². The maximum atomic E-state index is 13.0. The average molecular weight is 299 g/mol. The van der Waals surface area contributed by atoms with Crippen LogP contribution in [0.2, 0.25) is 5.02 Å². The molecule has 0 saturated heterocycles. The van der Waals surface area contributed by atoms with Crippen LogP contribution in [0.3, 0.4) is 0 Å². The average Bonchev–Trinajstić information content (AvgIpc) is 2.36. The second-order valence-electron chi connectivity index (χ2n) is 4.00. The number of benzene rings is 2. The zero-order valence-corrected chi connectivity index (χ0v) is 10.8. The van der Waals surface area contributed by atoms with Gasteiger partial charge in [0.1, 0.15) is 24.0 Å². The molecule has 2 aromatic carbocycles. The highest BCUT2D eigenvalue weighted by molar-refractivity contribution is 6.30. The molecule has 20 heavy (non-hydrogen) atoms. The summed E-state index contributed by atoms with van der Waals surface area (Å²) in [5.74, 6) is -2.71. The van der Waals surface area contributed by atoms with Gasteiger partial charge in [-0.2, -0.15) is 0 Å². The summed E-state index contributed by atoms with van der Waals surface area (Å²) < 4.78 is 31.2. The van der Waals surface area contributed by atoms with Gasteiger partial charge in [-0.3, -0.25) is 0 Å². The van der Waals surface area contributed by atoms with Gasteiger partial charge in [0.25, 0.3) is 0 Å². The van der Waals surface area contributed by atoms with E-state index < -0.39 is 17.6 Å². The Labute approximate surface area is 118 Å². The third-order valence-electron chi connectivity index (χ3n) is 2.53. The number of carboxylic acid groups (broad SMARTS) is 1. The van der Waals surface area contributed by atoms with E-state index in [2.05, 4.69) is 0 Å². The zero-order valence-electron chi connectivity index (χ0n) is 10.1. The summed E-state index contributed by atoms with van der Waals surface area (Å²) in [5.41, 5.74) is 0.334. The summed E-state index contributed by atoms with van der Waals surface area (Å²) >= 11 is 5.72. The molecule has 1 N–H and O–H groups in total. The molecule has 2 rings (SSSR count). The number of rotatable bonds is 4. The van der Waals surface area contributed by atoms with Gasteiger partial charge in [0.15, 0.2) is 0 Å². The number of carbonyl (C=O) groups is 1. The van der Waals surface area contributed by atoms with Gasteiger partial charge in [0, 0.05) is 28.8 Å². The van der Waals surface area contributed by atoms with Gasteiger partial charge in [-0.25, -0.2) is 13.6 Å². The van der Waals surface area contributed by atoms with Crippen molar-refractivity contribution in [3.8, 4) is 5.75 Å². The van der Waals surface area contributed by atoms with Crippen molar-refractivity contribution in [1.29, 1.82) is 0 Å². The Bertz CT molecular complexity index is 639. The van der Waals surface area contributed by atoms with Crippen LogP contribution in [0.5, 0.6) is 5.75 Å². The van der Waals surface area contributed by atoms with Crippen LogP contribution in [0.4, 0.5) is 8.78 Å². The van der Waals surface area contributed by atoms with Crippen LogP contribution in [-0.4, -0.2) is 11.1 Å². The minimum absolute atomic E-state index is 0.0191. The van der Waals surface area contributed by atoms with Crippen molar-refractivity contribution < 1.29 is 23.4 Å². The Hall–Kier alpha value is -2.14. The molecule has 0 aliphatic rings. The van der Waals surface area contributed by atoms with E-state index in [0.29, 0.717) is 5.56 Å². The lowest BCUT2D eigenvalue weighted by molar-refractivity contribution is 0.0694. The highest BCUT2D eigenvalue weighted by Gasteiger charge is 2.11. The Morgan fingerprint density at radius 1 is 1.15 bits per heavy atom. The minimum atomic E-state index is -1.16. The lowest BCUT2D eigenvalue weighted by Gasteiger charge is -2.09. The number of carboxylic acids is 1. The Morgan fingerprint density at radius 2 is 1.80 bits per heavy atom. The molecule has 0 bridgehead atoms. The van der Waals surface area contributed by atoms with E-state index in [4.69, 9.17) is 21.4 Å². The zero-order chi connectivity index (χ0) is 14.7. The molecule has 0 unspecified atom stereocenters. The van der Waals surface area contributed by atoms with E-state index >= 15 is 0 Å². The molecule has 0 aliphatic carbocycles. The van der Waals surface area contributed by atoms with Crippen LogP contribution in [0.25, 0.3) is 0 Å². The fraction of sp³-hybridized carbons (Fsp3) is 0.0714. The van der Waals surface area contributed by atoms with Crippen molar-refractivity contribution in [3.63, 3.8) is 0 Å². The van der Waals surface area contributed by atoms with E-state index in [9.17, 15) is 13.6 Å². The second-order valence-corrected chi connectivity index (χ2v) is 4.44. The number of hydrogen-bond acceptors (Lipinski definition) is 2. The van der Waals surface area contributed by atoms with Crippen LogP contribution in [0.15, 0.2) is 36.4 Å². The maximum absolute atomic E-state index is 13.0. The molecular weight excluding hydrogens is 290 g/mol. The quantitative estimate of drug-likeness (QED) is 0.931. The molecule has 0 aliphatic heterocycles. The summed E-state index contributed by atoms with van der Waals surface area (Å²) in [6.07, 6.45) is 0. The predicted molar refractivity (Wildman–Crippen MR) is 69.1 cm³/mol. The van der Waals surface area contributed by atoms with Crippen LogP contribution in [0, 0.1) is 11.6 Å². The van der Waals surface area contributed by atoms with Gasteiger partial charge in [-0.05, 0) is 12.1 Å². The molecule has 0 heterocycles.